The summed E-state index contributed by atoms with van der Waals surface area (Å²) in [5, 5.41) is 15.0. The topological polar surface area (TPSA) is 149 Å². The van der Waals surface area contributed by atoms with E-state index in [0.717, 1.165) is 39.5 Å². The molecule has 2 aromatic heterocycles. The number of nitrogens with one attached hydrogen (secondary N) is 3. The van der Waals surface area contributed by atoms with Crippen molar-refractivity contribution in [3.05, 3.63) is 95.7 Å². The Bertz CT molecular complexity index is 1730. The number of aromatic nitrogens is 4. The molecule has 0 aliphatic heterocycles. The minimum absolute atomic E-state index is 0. The van der Waals surface area contributed by atoms with Gasteiger partial charge in [0.1, 0.15) is 11.6 Å². The van der Waals surface area contributed by atoms with Crippen molar-refractivity contribution in [3.8, 4) is 5.75 Å². The van der Waals surface area contributed by atoms with Gasteiger partial charge in [0.15, 0.2) is 0 Å². The molecule has 5 N–H and O–H groups in total. The predicted octanol–water partition coefficient (Wildman–Crippen LogP) is 4.55. The van der Waals surface area contributed by atoms with E-state index < -0.39 is 10.0 Å². The van der Waals surface area contributed by atoms with Crippen LogP contribution in [0.15, 0.2) is 79.0 Å². The molecule has 0 atom stereocenters. The fourth-order valence-corrected chi connectivity index (χ4v) is 4.85. The first-order chi connectivity index (χ1) is 19.3. The Balaban J connectivity index is 0.00000387. The summed E-state index contributed by atoms with van der Waals surface area (Å²) >= 11 is 0. The molecule has 0 fully saturated rings. The van der Waals surface area contributed by atoms with Crippen LogP contribution in [0.25, 0.3) is 11.0 Å². The molecule has 0 spiro atoms. The number of fused-ring (bicyclic) bond motifs is 1. The maximum Gasteiger partial charge on any atom is 0.229 e. The molecule has 0 amide bonds. The van der Waals surface area contributed by atoms with Gasteiger partial charge in [0, 0.05) is 32.0 Å². The Hall–Kier alpha value is -4.39. The van der Waals surface area contributed by atoms with E-state index in [1.54, 1.807) is 43.6 Å². The van der Waals surface area contributed by atoms with Crippen molar-refractivity contribution in [2.24, 2.45) is 12.2 Å². The smallest absolute Gasteiger partial charge is 0.229 e. The molecule has 13 heteroatoms. The highest BCUT2D eigenvalue weighted by molar-refractivity contribution is 7.88. The summed E-state index contributed by atoms with van der Waals surface area (Å²) in [6.07, 6.45) is 1.66. The van der Waals surface area contributed by atoms with Crippen LogP contribution in [0.3, 0.4) is 0 Å². The van der Waals surface area contributed by atoms with Gasteiger partial charge in [-0.1, -0.05) is 30.3 Å². The van der Waals surface area contributed by atoms with Gasteiger partial charge in [-0.25, -0.2) is 23.5 Å². The van der Waals surface area contributed by atoms with Gasteiger partial charge in [-0.15, -0.1) is 12.4 Å². The van der Waals surface area contributed by atoms with Gasteiger partial charge in [-0.05, 0) is 59.2 Å². The second kappa shape index (κ2) is 12.9. The summed E-state index contributed by atoms with van der Waals surface area (Å²) in [4.78, 5) is 13.6. The molecule has 0 aliphatic rings. The number of hydrogen-bond acceptors (Lipinski definition) is 9. The van der Waals surface area contributed by atoms with Crippen LogP contribution in [0.2, 0.25) is 0 Å². The minimum atomic E-state index is -3.58. The molecule has 41 heavy (non-hydrogen) atoms. The molecule has 2 heterocycles. The Morgan fingerprint density at radius 2 is 1.56 bits per heavy atom. The quantitative estimate of drug-likeness (QED) is 0.173. The molecule has 5 rings (SSSR count). The third kappa shape index (κ3) is 7.84. The number of rotatable bonds is 11. The average molecular weight is 595 g/mol. The van der Waals surface area contributed by atoms with Gasteiger partial charge < -0.3 is 25.3 Å². The Morgan fingerprint density at radius 3 is 2.27 bits per heavy atom. The first-order valence-electron chi connectivity index (χ1n) is 12.5. The molecule has 0 aliphatic carbocycles. The van der Waals surface area contributed by atoms with Crippen molar-refractivity contribution >= 4 is 56.9 Å². The maximum absolute atomic E-state index is 11.3. The van der Waals surface area contributed by atoms with Crippen molar-refractivity contribution < 1.29 is 13.2 Å². The van der Waals surface area contributed by atoms with Gasteiger partial charge in [-0.2, -0.15) is 4.98 Å². The number of sulfonamides is 1. The third-order valence-corrected chi connectivity index (χ3v) is 7.00. The minimum Gasteiger partial charge on any atom is -0.497 e. The number of halogens is 1. The lowest BCUT2D eigenvalue weighted by atomic mass is 10.2. The first kappa shape index (κ1) is 29.6. The van der Waals surface area contributed by atoms with Crippen molar-refractivity contribution in [1.82, 2.24) is 19.5 Å². The number of nitrogens with zero attached hydrogens (tertiary/aromatic N) is 4. The summed E-state index contributed by atoms with van der Waals surface area (Å²) < 4.78 is 29.8. The third-order valence-electron chi connectivity index (χ3n) is 6.26. The Labute approximate surface area is 244 Å². The lowest BCUT2D eigenvalue weighted by Crippen LogP contribution is -2.14. The summed E-state index contributed by atoms with van der Waals surface area (Å²) in [6, 6.07) is 22.8. The van der Waals surface area contributed by atoms with Crippen LogP contribution in [0, 0.1) is 0 Å². The molecule has 0 unspecified atom stereocenters. The number of ether oxygens (including phenoxy) is 1. The molecule has 214 valence electrons. The van der Waals surface area contributed by atoms with E-state index in [0.29, 0.717) is 30.4 Å². The zero-order chi connectivity index (χ0) is 28.1. The van der Waals surface area contributed by atoms with E-state index in [4.69, 9.17) is 14.9 Å². The molecular weight excluding hydrogens is 564 g/mol. The lowest BCUT2D eigenvalue weighted by Gasteiger charge is -2.09. The highest BCUT2D eigenvalue weighted by atomic mass is 35.5. The molecule has 0 radical (unpaired) electrons. The van der Waals surface area contributed by atoms with Gasteiger partial charge >= 0.3 is 0 Å². The van der Waals surface area contributed by atoms with Gasteiger partial charge in [0.25, 0.3) is 0 Å². The molecule has 0 saturated carbocycles. The number of hydrogen-bond donors (Lipinski definition) is 4. The highest BCUT2D eigenvalue weighted by Crippen LogP contribution is 2.22. The largest absolute Gasteiger partial charge is 0.497 e. The summed E-state index contributed by atoms with van der Waals surface area (Å²) in [5.74, 6) is 2.48. The lowest BCUT2D eigenvalue weighted by molar-refractivity contribution is 0.414. The normalized spacial score (nSPS) is 11.1. The van der Waals surface area contributed by atoms with Crippen LogP contribution in [0.4, 0.5) is 23.4 Å². The van der Waals surface area contributed by atoms with E-state index in [-0.39, 0.29) is 18.2 Å². The van der Waals surface area contributed by atoms with Crippen molar-refractivity contribution in [1.29, 1.82) is 0 Å². The van der Waals surface area contributed by atoms with Crippen molar-refractivity contribution in [3.63, 3.8) is 0 Å². The number of anilines is 4. The van der Waals surface area contributed by atoms with Crippen LogP contribution in [0.5, 0.6) is 5.75 Å². The number of primary sulfonamides is 1. The van der Waals surface area contributed by atoms with Crippen LogP contribution in [-0.2, 0) is 35.9 Å². The number of methoxy groups -OCH3 is 1. The van der Waals surface area contributed by atoms with E-state index >= 15 is 0 Å². The second-order valence-electron chi connectivity index (χ2n) is 9.27. The molecule has 11 nitrogen and oxygen atoms in total. The van der Waals surface area contributed by atoms with Gasteiger partial charge in [0.05, 0.1) is 23.9 Å². The monoisotopic (exact) mass is 594 g/mol. The molecule has 3 aromatic carbocycles. The standard InChI is InChI=1S/C28H30N8O3S.ClH/c1-36-25-12-7-21(15-24(25)34-28(36)32-16-19-5-10-23(39-2)11-6-19)17-31-26-13-14-30-27(35-26)33-22-8-3-20(4-9-22)18-40(29,37)38;/h3-15H,16-18H2,1-2H3,(H,32,34)(H2,29,37,38)(H2,30,31,33,35);1H. The van der Waals surface area contributed by atoms with E-state index in [1.807, 2.05) is 35.9 Å². The van der Waals surface area contributed by atoms with E-state index in [9.17, 15) is 8.42 Å². The zero-order valence-corrected chi connectivity index (χ0v) is 24.2. The average Bonchev–Trinajstić information content (AvgIpc) is 3.26. The van der Waals surface area contributed by atoms with Crippen LogP contribution >= 0.6 is 12.4 Å². The Morgan fingerprint density at radius 1 is 0.878 bits per heavy atom. The SMILES string of the molecule is COc1ccc(CNc2nc3cc(CNc4ccnc(Nc5ccc(CS(N)(=O)=O)cc5)n4)ccc3n2C)cc1.Cl. The fourth-order valence-electron chi connectivity index (χ4n) is 4.19. The zero-order valence-electron chi connectivity index (χ0n) is 22.5. The predicted molar refractivity (Wildman–Crippen MR) is 164 cm³/mol. The van der Waals surface area contributed by atoms with Crippen LogP contribution < -0.4 is 25.8 Å². The van der Waals surface area contributed by atoms with Gasteiger partial charge in [-0.3, -0.25) is 0 Å². The first-order valence-corrected chi connectivity index (χ1v) is 14.2. The van der Waals surface area contributed by atoms with Gasteiger partial charge in [0.2, 0.25) is 21.9 Å². The second-order valence-corrected chi connectivity index (χ2v) is 10.9. The highest BCUT2D eigenvalue weighted by Gasteiger charge is 2.09. The number of nitrogens with two attached hydrogens (primary N) is 1. The fraction of sp³-hybridized carbons (Fsp3) is 0.179. The van der Waals surface area contributed by atoms with E-state index in [1.165, 1.54) is 0 Å². The number of imidazole rings is 1. The summed E-state index contributed by atoms with van der Waals surface area (Å²) in [7, 11) is 0.0718. The Kier molecular flexibility index (Phi) is 9.28. The maximum atomic E-state index is 11.3. The molecule has 0 bridgehead atoms. The summed E-state index contributed by atoms with van der Waals surface area (Å²) in [6.45, 7) is 1.21. The van der Waals surface area contributed by atoms with Crippen molar-refractivity contribution in [2.45, 2.75) is 18.8 Å². The molecule has 5 aromatic rings. The van der Waals surface area contributed by atoms with E-state index in [2.05, 4.69) is 44.1 Å². The molecular formula is C28H31ClN8O3S. The molecule has 0 saturated heterocycles. The van der Waals surface area contributed by atoms with Crippen molar-refractivity contribution in [2.75, 3.05) is 23.1 Å². The summed E-state index contributed by atoms with van der Waals surface area (Å²) in [5.41, 5.74) is 5.46. The van der Waals surface area contributed by atoms with Crippen LogP contribution in [-0.4, -0.2) is 35.0 Å². The number of benzene rings is 3. The van der Waals surface area contributed by atoms with Crippen LogP contribution in [0.1, 0.15) is 16.7 Å². The number of aryl methyl sites for hydroxylation is 1.